The van der Waals surface area contributed by atoms with Gasteiger partial charge in [0.15, 0.2) is 0 Å². The summed E-state index contributed by atoms with van der Waals surface area (Å²) in [5.41, 5.74) is 5.32. The van der Waals surface area contributed by atoms with E-state index in [1.165, 1.54) is 6.42 Å². The van der Waals surface area contributed by atoms with E-state index in [1.54, 1.807) is 0 Å². The predicted molar refractivity (Wildman–Crippen MR) is 53.3 cm³/mol. The first-order valence-corrected chi connectivity index (χ1v) is 4.68. The molecule has 4 heteroatoms. The molecule has 0 heterocycles. The SMILES string of the molecule is CNCCCNCCNCCN. The smallest absolute Gasteiger partial charge is 0.00772 e. The average molecular weight is 174 g/mol. The molecule has 0 bridgehead atoms. The highest BCUT2D eigenvalue weighted by atomic mass is 14.9. The summed E-state index contributed by atoms with van der Waals surface area (Å²) in [5.74, 6) is 0. The molecule has 0 unspecified atom stereocenters. The number of nitrogens with one attached hydrogen (secondary N) is 3. The molecule has 0 saturated heterocycles. The van der Waals surface area contributed by atoms with E-state index < -0.39 is 0 Å². The third-order valence-corrected chi connectivity index (χ3v) is 1.58. The van der Waals surface area contributed by atoms with Gasteiger partial charge < -0.3 is 21.7 Å². The fourth-order valence-electron chi connectivity index (χ4n) is 0.919. The van der Waals surface area contributed by atoms with Crippen LogP contribution in [0.2, 0.25) is 0 Å². The first-order valence-electron chi connectivity index (χ1n) is 4.68. The van der Waals surface area contributed by atoms with E-state index in [1.807, 2.05) is 7.05 Å². The lowest BCUT2D eigenvalue weighted by Gasteiger charge is -2.04. The summed E-state index contributed by atoms with van der Waals surface area (Å²) in [6.45, 7) is 5.85. The van der Waals surface area contributed by atoms with Crippen molar-refractivity contribution in [1.29, 1.82) is 0 Å². The van der Waals surface area contributed by atoms with E-state index in [0.29, 0.717) is 0 Å². The van der Waals surface area contributed by atoms with Crippen LogP contribution in [0, 0.1) is 0 Å². The van der Waals surface area contributed by atoms with Gasteiger partial charge in [-0.15, -0.1) is 0 Å². The summed E-state index contributed by atoms with van der Waals surface area (Å²) in [4.78, 5) is 0. The summed E-state index contributed by atoms with van der Waals surface area (Å²) in [6.07, 6.45) is 1.19. The van der Waals surface area contributed by atoms with Crippen LogP contribution in [0.25, 0.3) is 0 Å². The normalized spacial score (nSPS) is 10.5. The molecule has 5 N–H and O–H groups in total. The van der Waals surface area contributed by atoms with Crippen molar-refractivity contribution >= 4 is 0 Å². The molecule has 0 spiro atoms. The Morgan fingerprint density at radius 3 is 2.17 bits per heavy atom. The number of rotatable bonds is 9. The molecule has 0 aliphatic carbocycles. The van der Waals surface area contributed by atoms with Crippen LogP contribution >= 0.6 is 0 Å². The monoisotopic (exact) mass is 174 g/mol. The van der Waals surface area contributed by atoms with Crippen LogP contribution in [-0.4, -0.2) is 46.3 Å². The van der Waals surface area contributed by atoms with E-state index in [0.717, 1.165) is 39.3 Å². The van der Waals surface area contributed by atoms with Crippen LogP contribution in [0.5, 0.6) is 0 Å². The molecule has 4 nitrogen and oxygen atoms in total. The van der Waals surface area contributed by atoms with Crippen molar-refractivity contribution in [1.82, 2.24) is 16.0 Å². The van der Waals surface area contributed by atoms with Gasteiger partial charge in [-0.25, -0.2) is 0 Å². The van der Waals surface area contributed by atoms with E-state index in [9.17, 15) is 0 Å². The standard InChI is InChI=1S/C8H22N4/c1-10-4-2-5-11-7-8-12-6-3-9/h10-12H,2-9H2,1H3. The van der Waals surface area contributed by atoms with Crippen LogP contribution in [0.3, 0.4) is 0 Å². The summed E-state index contributed by atoms with van der Waals surface area (Å²) in [7, 11) is 1.98. The fraction of sp³-hybridized carbons (Fsp3) is 1.00. The van der Waals surface area contributed by atoms with Crippen molar-refractivity contribution in [3.05, 3.63) is 0 Å². The lowest BCUT2D eigenvalue weighted by molar-refractivity contribution is 0.589. The van der Waals surface area contributed by atoms with Crippen molar-refractivity contribution < 1.29 is 0 Å². The van der Waals surface area contributed by atoms with Crippen molar-refractivity contribution in [3.63, 3.8) is 0 Å². The summed E-state index contributed by atoms with van der Waals surface area (Å²) in [6, 6.07) is 0. The Balaban J connectivity index is 2.73. The molecule has 12 heavy (non-hydrogen) atoms. The molecular formula is C8H22N4. The lowest BCUT2D eigenvalue weighted by atomic mass is 10.4. The maximum Gasteiger partial charge on any atom is 0.00772 e. The molecule has 0 amide bonds. The maximum atomic E-state index is 5.32. The highest BCUT2D eigenvalue weighted by Crippen LogP contribution is 1.70. The zero-order valence-corrected chi connectivity index (χ0v) is 8.03. The molecule has 74 valence electrons. The Morgan fingerprint density at radius 1 is 0.917 bits per heavy atom. The first kappa shape index (κ1) is 11.8. The second-order valence-corrected chi connectivity index (χ2v) is 2.75. The van der Waals surface area contributed by atoms with Crippen LogP contribution in [0.1, 0.15) is 6.42 Å². The van der Waals surface area contributed by atoms with Crippen LogP contribution in [-0.2, 0) is 0 Å². The number of hydrogen-bond acceptors (Lipinski definition) is 4. The van der Waals surface area contributed by atoms with Gasteiger partial charge in [0, 0.05) is 26.2 Å². The topological polar surface area (TPSA) is 62.1 Å². The predicted octanol–water partition coefficient (Wildman–Crippen LogP) is -1.27. The highest BCUT2D eigenvalue weighted by Gasteiger charge is 1.86. The van der Waals surface area contributed by atoms with Crippen LogP contribution in [0.4, 0.5) is 0 Å². The molecular weight excluding hydrogens is 152 g/mol. The van der Waals surface area contributed by atoms with Gasteiger partial charge in [0.25, 0.3) is 0 Å². The maximum absolute atomic E-state index is 5.32. The van der Waals surface area contributed by atoms with E-state index in [4.69, 9.17) is 5.73 Å². The van der Waals surface area contributed by atoms with Gasteiger partial charge in [-0.2, -0.15) is 0 Å². The minimum atomic E-state index is 0.722. The third kappa shape index (κ3) is 9.84. The van der Waals surface area contributed by atoms with Crippen LogP contribution in [0.15, 0.2) is 0 Å². The Labute approximate surface area is 75.3 Å². The minimum Gasteiger partial charge on any atom is -0.329 e. The first-order chi connectivity index (χ1) is 5.91. The van der Waals surface area contributed by atoms with E-state index >= 15 is 0 Å². The zero-order chi connectivity index (χ0) is 9.07. The van der Waals surface area contributed by atoms with Gasteiger partial charge in [-0.1, -0.05) is 0 Å². The Kier molecular flexibility index (Phi) is 10.7. The summed E-state index contributed by atoms with van der Waals surface area (Å²) < 4.78 is 0. The van der Waals surface area contributed by atoms with Crippen molar-refractivity contribution in [2.45, 2.75) is 6.42 Å². The molecule has 0 rings (SSSR count). The Hall–Kier alpha value is -0.160. The van der Waals surface area contributed by atoms with Gasteiger partial charge in [0.1, 0.15) is 0 Å². The van der Waals surface area contributed by atoms with Gasteiger partial charge >= 0.3 is 0 Å². The minimum absolute atomic E-state index is 0.722. The van der Waals surface area contributed by atoms with Gasteiger partial charge in [0.05, 0.1) is 0 Å². The van der Waals surface area contributed by atoms with Crippen molar-refractivity contribution in [3.8, 4) is 0 Å². The second-order valence-electron chi connectivity index (χ2n) is 2.75. The molecule has 0 aromatic carbocycles. The van der Waals surface area contributed by atoms with Gasteiger partial charge in [-0.3, -0.25) is 0 Å². The van der Waals surface area contributed by atoms with Crippen LogP contribution < -0.4 is 21.7 Å². The highest BCUT2D eigenvalue weighted by molar-refractivity contribution is 4.53. The molecule has 0 aliphatic rings. The molecule has 0 saturated carbocycles. The second kappa shape index (κ2) is 10.8. The molecule has 0 fully saturated rings. The third-order valence-electron chi connectivity index (χ3n) is 1.58. The number of nitrogens with two attached hydrogens (primary N) is 1. The lowest BCUT2D eigenvalue weighted by Crippen LogP contribution is -2.31. The molecule has 0 aliphatic heterocycles. The largest absolute Gasteiger partial charge is 0.329 e. The molecule has 0 radical (unpaired) electrons. The quantitative estimate of drug-likeness (QED) is 0.329. The van der Waals surface area contributed by atoms with Gasteiger partial charge in [-0.05, 0) is 26.6 Å². The van der Waals surface area contributed by atoms with E-state index in [2.05, 4.69) is 16.0 Å². The average Bonchev–Trinajstić information content (AvgIpc) is 2.10. The van der Waals surface area contributed by atoms with Gasteiger partial charge in [0.2, 0.25) is 0 Å². The molecule has 0 aromatic heterocycles. The molecule has 0 atom stereocenters. The van der Waals surface area contributed by atoms with E-state index in [-0.39, 0.29) is 0 Å². The summed E-state index contributed by atoms with van der Waals surface area (Å²) in [5, 5.41) is 9.67. The Morgan fingerprint density at radius 2 is 1.58 bits per heavy atom. The zero-order valence-electron chi connectivity index (χ0n) is 8.03. The molecule has 0 aromatic rings. The van der Waals surface area contributed by atoms with Crippen molar-refractivity contribution in [2.75, 3.05) is 46.3 Å². The summed E-state index contributed by atoms with van der Waals surface area (Å²) >= 11 is 0. The van der Waals surface area contributed by atoms with Crippen molar-refractivity contribution in [2.24, 2.45) is 5.73 Å². The fourth-order valence-corrected chi connectivity index (χ4v) is 0.919. The Bertz CT molecular complexity index is 67.5. The number of hydrogen-bond donors (Lipinski definition) is 4.